The minimum absolute atomic E-state index is 0.375. The Kier molecular flexibility index (Phi) is 5.28. The number of urea groups is 1. The molecule has 0 radical (unpaired) electrons. The Morgan fingerprint density at radius 3 is 2.48 bits per heavy atom. The van der Waals surface area contributed by atoms with Crippen molar-refractivity contribution < 1.29 is 14.3 Å². The van der Waals surface area contributed by atoms with Crippen LogP contribution in [0.2, 0.25) is 0 Å². The van der Waals surface area contributed by atoms with E-state index in [4.69, 9.17) is 0 Å². The molecule has 2 amide bonds. The van der Waals surface area contributed by atoms with Gasteiger partial charge in [0.05, 0.1) is 12.1 Å². The fourth-order valence-electron chi connectivity index (χ4n) is 2.29. The van der Waals surface area contributed by atoms with E-state index in [9.17, 15) is 14.3 Å². The molecule has 0 fully saturated rings. The maximum atomic E-state index is 12.9. The molecular formula is C17H20FN3O2. The Morgan fingerprint density at radius 2 is 1.87 bits per heavy atom. The molecule has 0 saturated carbocycles. The molecule has 2 aromatic rings. The lowest BCUT2D eigenvalue weighted by molar-refractivity contribution is 0.139. The molecule has 0 spiro atoms. The van der Waals surface area contributed by atoms with Gasteiger partial charge in [0, 0.05) is 5.69 Å². The first-order valence-corrected chi connectivity index (χ1v) is 7.31. The average molecular weight is 317 g/mol. The Balaban J connectivity index is 1.97. The van der Waals surface area contributed by atoms with Crippen LogP contribution in [0.1, 0.15) is 29.8 Å². The van der Waals surface area contributed by atoms with Crippen molar-refractivity contribution in [2.24, 2.45) is 0 Å². The molecule has 2 atom stereocenters. The summed E-state index contributed by atoms with van der Waals surface area (Å²) in [6, 6.07) is 8.17. The monoisotopic (exact) mass is 317 g/mol. The minimum Gasteiger partial charge on any atom is -0.386 e. The van der Waals surface area contributed by atoms with E-state index in [1.54, 1.807) is 13.0 Å². The first-order valence-electron chi connectivity index (χ1n) is 7.31. The van der Waals surface area contributed by atoms with Gasteiger partial charge in [-0.2, -0.15) is 0 Å². The average Bonchev–Trinajstić information content (AvgIpc) is 2.45. The quantitative estimate of drug-likeness (QED) is 0.811. The third kappa shape index (κ3) is 4.75. The zero-order valence-electron chi connectivity index (χ0n) is 13.3. The number of amides is 2. The standard InChI is InChI=1S/C17H20FN3O2/c1-10-8-11(2)19-15(9-10)21-17(23)20-12(3)16(22)13-4-6-14(18)7-5-13/h4-9,12,16,22H,1-3H3,(H2,19,20,21,23)/t12-,16+/m1/s1. The van der Waals surface area contributed by atoms with Gasteiger partial charge in [-0.1, -0.05) is 12.1 Å². The molecule has 5 nitrogen and oxygen atoms in total. The van der Waals surface area contributed by atoms with E-state index in [2.05, 4.69) is 15.6 Å². The van der Waals surface area contributed by atoms with Gasteiger partial charge in [0.25, 0.3) is 0 Å². The third-order valence-electron chi connectivity index (χ3n) is 3.38. The van der Waals surface area contributed by atoms with Gasteiger partial charge in [-0.05, 0) is 56.2 Å². The highest BCUT2D eigenvalue weighted by Crippen LogP contribution is 2.17. The number of pyridine rings is 1. The molecule has 0 aliphatic rings. The summed E-state index contributed by atoms with van der Waals surface area (Å²) in [5, 5.41) is 15.5. The van der Waals surface area contributed by atoms with Crippen LogP contribution >= 0.6 is 0 Å². The van der Waals surface area contributed by atoms with E-state index in [0.717, 1.165) is 11.3 Å². The largest absolute Gasteiger partial charge is 0.386 e. The van der Waals surface area contributed by atoms with Gasteiger partial charge in [0.1, 0.15) is 11.6 Å². The van der Waals surface area contributed by atoms with Crippen LogP contribution in [0.5, 0.6) is 0 Å². The number of aromatic nitrogens is 1. The first-order chi connectivity index (χ1) is 10.8. The zero-order valence-corrected chi connectivity index (χ0v) is 13.3. The van der Waals surface area contributed by atoms with Crippen molar-refractivity contribution in [2.75, 3.05) is 5.32 Å². The SMILES string of the molecule is Cc1cc(C)nc(NC(=O)N[C@H](C)[C@H](O)c2ccc(F)cc2)c1. The molecule has 1 aromatic carbocycles. The number of halogens is 1. The number of anilines is 1. The van der Waals surface area contributed by atoms with Gasteiger partial charge in [0.2, 0.25) is 0 Å². The summed E-state index contributed by atoms with van der Waals surface area (Å²) in [4.78, 5) is 16.2. The topological polar surface area (TPSA) is 74.2 Å². The highest BCUT2D eigenvalue weighted by atomic mass is 19.1. The third-order valence-corrected chi connectivity index (χ3v) is 3.38. The van der Waals surface area contributed by atoms with Crippen molar-refractivity contribution in [1.29, 1.82) is 0 Å². The lowest BCUT2D eigenvalue weighted by atomic mass is 10.0. The summed E-state index contributed by atoms with van der Waals surface area (Å²) in [6.45, 7) is 5.43. The van der Waals surface area contributed by atoms with Crippen LogP contribution in [-0.4, -0.2) is 22.2 Å². The first kappa shape index (κ1) is 16.9. The van der Waals surface area contributed by atoms with Crippen molar-refractivity contribution in [2.45, 2.75) is 32.9 Å². The van der Waals surface area contributed by atoms with E-state index >= 15 is 0 Å². The molecule has 23 heavy (non-hydrogen) atoms. The van der Waals surface area contributed by atoms with Crippen LogP contribution in [0.25, 0.3) is 0 Å². The van der Waals surface area contributed by atoms with Crippen molar-refractivity contribution in [3.05, 3.63) is 59.0 Å². The van der Waals surface area contributed by atoms with Crippen molar-refractivity contribution in [3.8, 4) is 0 Å². The molecule has 122 valence electrons. The highest BCUT2D eigenvalue weighted by molar-refractivity contribution is 5.88. The number of rotatable bonds is 4. The second-order valence-electron chi connectivity index (χ2n) is 5.55. The number of hydrogen-bond acceptors (Lipinski definition) is 3. The Bertz CT molecular complexity index is 668. The lowest BCUT2D eigenvalue weighted by Crippen LogP contribution is -2.39. The van der Waals surface area contributed by atoms with Crippen molar-refractivity contribution in [1.82, 2.24) is 10.3 Å². The summed E-state index contributed by atoms with van der Waals surface area (Å²) in [5.41, 5.74) is 2.33. The number of benzene rings is 1. The van der Waals surface area contributed by atoms with Crippen molar-refractivity contribution >= 4 is 11.8 Å². The molecule has 6 heteroatoms. The summed E-state index contributed by atoms with van der Waals surface area (Å²) in [6.07, 6.45) is -0.937. The normalized spacial score (nSPS) is 13.3. The maximum Gasteiger partial charge on any atom is 0.320 e. The van der Waals surface area contributed by atoms with E-state index in [-0.39, 0.29) is 5.82 Å². The molecule has 2 rings (SSSR count). The summed E-state index contributed by atoms with van der Waals surface area (Å²) >= 11 is 0. The molecule has 1 aromatic heterocycles. The van der Waals surface area contributed by atoms with Gasteiger partial charge in [-0.15, -0.1) is 0 Å². The number of nitrogens with one attached hydrogen (secondary N) is 2. The number of hydrogen-bond donors (Lipinski definition) is 3. The number of carbonyl (C=O) groups excluding carboxylic acids is 1. The molecule has 0 aliphatic carbocycles. The number of carbonyl (C=O) groups is 1. The number of aryl methyl sites for hydroxylation is 2. The lowest BCUT2D eigenvalue weighted by Gasteiger charge is -2.21. The smallest absolute Gasteiger partial charge is 0.320 e. The Morgan fingerprint density at radius 1 is 1.22 bits per heavy atom. The summed E-state index contributed by atoms with van der Waals surface area (Å²) in [7, 11) is 0. The number of aliphatic hydroxyl groups is 1. The van der Waals surface area contributed by atoms with Crippen LogP contribution in [-0.2, 0) is 0 Å². The fourth-order valence-corrected chi connectivity index (χ4v) is 2.29. The molecular weight excluding hydrogens is 297 g/mol. The molecule has 3 N–H and O–H groups in total. The molecule has 0 saturated heterocycles. The summed E-state index contributed by atoms with van der Waals surface area (Å²) in [5.74, 6) is 0.0728. The van der Waals surface area contributed by atoms with Gasteiger partial charge >= 0.3 is 6.03 Å². The van der Waals surface area contributed by atoms with Crippen molar-refractivity contribution in [3.63, 3.8) is 0 Å². The number of aliphatic hydroxyl groups excluding tert-OH is 1. The van der Waals surface area contributed by atoms with Gasteiger partial charge in [0.15, 0.2) is 0 Å². The molecule has 0 bridgehead atoms. The Hall–Kier alpha value is -2.47. The summed E-state index contributed by atoms with van der Waals surface area (Å²) < 4.78 is 12.9. The predicted octanol–water partition coefficient (Wildman–Crippen LogP) is 3.08. The van der Waals surface area contributed by atoms with Crippen LogP contribution in [0, 0.1) is 19.7 Å². The zero-order chi connectivity index (χ0) is 17.0. The van der Waals surface area contributed by atoms with E-state index in [1.807, 2.05) is 19.9 Å². The second kappa shape index (κ2) is 7.19. The maximum absolute atomic E-state index is 12.9. The van der Waals surface area contributed by atoms with Crippen LogP contribution in [0.3, 0.4) is 0 Å². The van der Waals surface area contributed by atoms with E-state index in [0.29, 0.717) is 11.4 Å². The number of nitrogens with zero attached hydrogens (tertiary/aromatic N) is 1. The minimum atomic E-state index is -0.937. The van der Waals surface area contributed by atoms with Crippen LogP contribution in [0.15, 0.2) is 36.4 Å². The van der Waals surface area contributed by atoms with E-state index < -0.39 is 18.2 Å². The van der Waals surface area contributed by atoms with Gasteiger partial charge < -0.3 is 10.4 Å². The Labute approximate surface area is 134 Å². The molecule has 0 unspecified atom stereocenters. The predicted molar refractivity (Wildman–Crippen MR) is 86.7 cm³/mol. The molecule has 1 heterocycles. The van der Waals surface area contributed by atoms with Gasteiger partial charge in [-0.3, -0.25) is 5.32 Å². The van der Waals surface area contributed by atoms with Crippen LogP contribution < -0.4 is 10.6 Å². The second-order valence-corrected chi connectivity index (χ2v) is 5.55. The fraction of sp³-hybridized carbons (Fsp3) is 0.294. The van der Waals surface area contributed by atoms with E-state index in [1.165, 1.54) is 24.3 Å². The van der Waals surface area contributed by atoms with Gasteiger partial charge in [-0.25, -0.2) is 14.2 Å². The molecule has 0 aliphatic heterocycles. The highest BCUT2D eigenvalue weighted by Gasteiger charge is 2.18. The van der Waals surface area contributed by atoms with Crippen LogP contribution in [0.4, 0.5) is 15.0 Å².